The number of methoxy groups -OCH3 is 1. The number of carbonyl (C=O) groups excluding carboxylic acids is 3. The lowest BCUT2D eigenvalue weighted by atomic mass is 9.71. The summed E-state index contributed by atoms with van der Waals surface area (Å²) in [4.78, 5) is 45.4. The standard InChI is InChI=1S/C46H47N5O11S/c1-7-12-57-45(55)48-17-25-15-27-26-10-8-9-11-31(26)62-43(27)46(49-25)19-63-42-34-33(41-40(59-20-60-41)22(3)39(34)61-23(4)52)30(18-58-44(46)54)51-29(16-47)28-14-24-13-21(2)38(56-6)37(53)32(24)35(36(42)51)50(28)5/h7-11,13,25,28-30,35-36,42,49,53H,1,12,14-15,17-20H2,2-6H3,(H,48,55)/t25-,28-,29+,30+,35-,36-,42-,46-/m1/s1. The maximum Gasteiger partial charge on any atom is 0.407 e. The van der Waals surface area contributed by atoms with Gasteiger partial charge in [0.15, 0.2) is 28.5 Å². The number of nitrogens with zero attached hydrogens (tertiary/aromatic N) is 3. The molecule has 17 heteroatoms. The van der Waals surface area contributed by atoms with E-state index in [2.05, 4.69) is 33.1 Å². The molecule has 0 saturated carbocycles. The number of rotatable bonds is 6. The van der Waals surface area contributed by atoms with E-state index in [9.17, 15) is 20.0 Å². The van der Waals surface area contributed by atoms with Crippen molar-refractivity contribution in [2.24, 2.45) is 0 Å². The molecule has 3 N–H and O–H groups in total. The number of phenolic OH excluding ortho intramolecular Hbond substituents is 1. The molecule has 0 unspecified atom stereocenters. The number of esters is 2. The number of alkyl carbamates (subject to hydrolysis) is 1. The van der Waals surface area contributed by atoms with Crippen LogP contribution in [0, 0.1) is 25.2 Å². The van der Waals surface area contributed by atoms with Crippen LogP contribution in [-0.2, 0) is 37.4 Å². The van der Waals surface area contributed by atoms with Crippen molar-refractivity contribution in [2.45, 2.75) is 80.7 Å². The number of aryl methyl sites for hydroxylation is 1. The molecule has 2 saturated heterocycles. The minimum Gasteiger partial charge on any atom is -0.504 e. The summed E-state index contributed by atoms with van der Waals surface area (Å²) < 4.78 is 42.8. The molecule has 1 spiro atoms. The Bertz CT molecular complexity index is 2660. The third-order valence-corrected chi connectivity index (χ3v) is 15.0. The first-order valence-electron chi connectivity index (χ1n) is 20.9. The van der Waals surface area contributed by atoms with Gasteiger partial charge in [-0.1, -0.05) is 36.9 Å². The van der Waals surface area contributed by atoms with Crippen LogP contribution in [0.15, 0.2) is 47.4 Å². The quantitative estimate of drug-likeness (QED) is 0.128. The molecule has 11 rings (SSSR count). The first-order valence-corrected chi connectivity index (χ1v) is 22.0. The Hall–Kier alpha value is -5.93. The summed E-state index contributed by atoms with van der Waals surface area (Å²) in [5, 5.41) is 30.1. The van der Waals surface area contributed by atoms with Crippen molar-refractivity contribution >= 4 is 40.8 Å². The van der Waals surface area contributed by atoms with Crippen molar-refractivity contribution in [3.8, 4) is 34.8 Å². The van der Waals surface area contributed by atoms with Gasteiger partial charge in [-0.3, -0.25) is 19.9 Å². The molecule has 7 aliphatic heterocycles. The van der Waals surface area contributed by atoms with E-state index < -0.39 is 59.0 Å². The monoisotopic (exact) mass is 877 g/mol. The van der Waals surface area contributed by atoms with E-state index in [1.807, 2.05) is 51.2 Å². The van der Waals surface area contributed by atoms with Crippen molar-refractivity contribution < 1.29 is 52.3 Å². The molecular formula is C46H47N5O11S. The molecule has 3 aromatic carbocycles. The Morgan fingerprint density at radius 3 is 2.70 bits per heavy atom. The Labute approximate surface area is 367 Å². The summed E-state index contributed by atoms with van der Waals surface area (Å²) in [5.41, 5.74) is 3.96. The smallest absolute Gasteiger partial charge is 0.407 e. The summed E-state index contributed by atoms with van der Waals surface area (Å²) in [6.07, 6.45) is 1.72. The average Bonchev–Trinajstić information content (AvgIpc) is 3.91. The maximum absolute atomic E-state index is 15.3. The number of ether oxygens (including phenoxy) is 6. The average molecular weight is 878 g/mol. The van der Waals surface area contributed by atoms with E-state index in [1.165, 1.54) is 31.9 Å². The molecule has 0 radical (unpaired) electrons. The number of para-hydroxylation sites is 1. The van der Waals surface area contributed by atoms with Gasteiger partial charge < -0.3 is 43.3 Å². The minimum atomic E-state index is -1.60. The molecule has 63 heavy (non-hydrogen) atoms. The number of amides is 1. The second-order valence-corrected chi connectivity index (χ2v) is 18.1. The van der Waals surface area contributed by atoms with Gasteiger partial charge in [-0.15, -0.1) is 11.8 Å². The van der Waals surface area contributed by atoms with Gasteiger partial charge in [0.25, 0.3) is 0 Å². The Morgan fingerprint density at radius 2 is 1.94 bits per heavy atom. The number of nitriles is 1. The molecule has 16 nitrogen and oxygen atoms in total. The van der Waals surface area contributed by atoms with Gasteiger partial charge in [0.05, 0.1) is 30.5 Å². The van der Waals surface area contributed by atoms with Crippen LogP contribution in [0.5, 0.6) is 28.7 Å². The largest absolute Gasteiger partial charge is 0.504 e. The summed E-state index contributed by atoms with van der Waals surface area (Å²) in [6.45, 7) is 8.48. The molecule has 8 heterocycles. The van der Waals surface area contributed by atoms with Crippen LogP contribution < -0.4 is 29.6 Å². The number of fused-ring (bicyclic) bond motifs is 11. The van der Waals surface area contributed by atoms with Gasteiger partial charge in [-0.25, -0.2) is 9.59 Å². The molecule has 1 amide bonds. The van der Waals surface area contributed by atoms with Crippen molar-refractivity contribution in [1.82, 2.24) is 20.4 Å². The van der Waals surface area contributed by atoms with Crippen molar-refractivity contribution in [2.75, 3.05) is 46.5 Å². The van der Waals surface area contributed by atoms with E-state index >= 15 is 4.79 Å². The van der Waals surface area contributed by atoms with Crippen LogP contribution in [0.1, 0.15) is 69.0 Å². The minimum absolute atomic E-state index is 0.0177. The lowest BCUT2D eigenvalue weighted by Gasteiger charge is -2.62. The third kappa shape index (κ3) is 6.09. The fourth-order valence-electron chi connectivity index (χ4n) is 11.1. The van der Waals surface area contributed by atoms with Crippen LogP contribution in [0.3, 0.4) is 0 Å². The van der Waals surface area contributed by atoms with Crippen LogP contribution in [-0.4, -0.2) is 104 Å². The zero-order chi connectivity index (χ0) is 44.1. The molecule has 1 aromatic heterocycles. The van der Waals surface area contributed by atoms with Gasteiger partial charge in [0.2, 0.25) is 6.79 Å². The molecule has 7 aliphatic rings. The predicted octanol–water partition coefficient (Wildman–Crippen LogP) is 5.30. The zero-order valence-corrected chi connectivity index (χ0v) is 36.3. The first kappa shape index (κ1) is 41.1. The van der Waals surface area contributed by atoms with E-state index in [4.69, 9.17) is 32.8 Å². The Balaban J connectivity index is 1.20. The molecule has 328 valence electrons. The van der Waals surface area contributed by atoms with Crippen LogP contribution >= 0.6 is 11.8 Å². The number of piperazine rings is 1. The number of hydrogen-bond acceptors (Lipinski definition) is 16. The molecule has 4 bridgehead atoms. The van der Waals surface area contributed by atoms with Gasteiger partial charge in [0.1, 0.15) is 36.3 Å². The van der Waals surface area contributed by atoms with E-state index in [-0.39, 0.29) is 44.1 Å². The second-order valence-electron chi connectivity index (χ2n) is 17.0. The third-order valence-electron chi connectivity index (χ3n) is 13.6. The zero-order valence-electron chi connectivity index (χ0n) is 35.4. The Morgan fingerprint density at radius 1 is 1.14 bits per heavy atom. The number of thioether (sulfide) groups is 1. The Kier molecular flexibility index (Phi) is 10.0. The first-order chi connectivity index (χ1) is 30.4. The normalized spacial score (nSPS) is 27.9. The van der Waals surface area contributed by atoms with Crippen molar-refractivity contribution in [3.05, 3.63) is 87.7 Å². The van der Waals surface area contributed by atoms with Crippen molar-refractivity contribution in [1.29, 1.82) is 5.26 Å². The number of carbonyl (C=O) groups is 3. The lowest BCUT2D eigenvalue weighted by molar-refractivity contribution is -0.158. The molecule has 4 aromatic rings. The highest BCUT2D eigenvalue weighted by molar-refractivity contribution is 7.99. The molecular weight excluding hydrogens is 831 g/mol. The highest BCUT2D eigenvalue weighted by Gasteiger charge is 2.62. The number of benzene rings is 3. The molecule has 2 fully saturated rings. The van der Waals surface area contributed by atoms with E-state index in [1.54, 1.807) is 0 Å². The number of nitrogens with one attached hydrogen (secondary N) is 2. The van der Waals surface area contributed by atoms with E-state index in [0.717, 1.165) is 22.1 Å². The fourth-order valence-corrected chi connectivity index (χ4v) is 12.8. The number of likely N-dealkylation sites (N-methyl/N-ethyl adjacent to an activating group) is 1. The fraction of sp³-hybridized carbons (Fsp3) is 0.435. The number of furan rings is 1. The number of aromatic hydroxyl groups is 1. The summed E-state index contributed by atoms with van der Waals surface area (Å²) in [5.74, 6) is 0.792. The van der Waals surface area contributed by atoms with Gasteiger partial charge in [-0.05, 0) is 50.9 Å². The highest BCUT2D eigenvalue weighted by Crippen LogP contribution is 2.64. The topological polar surface area (TPSA) is 194 Å². The summed E-state index contributed by atoms with van der Waals surface area (Å²) >= 11 is 1.43. The summed E-state index contributed by atoms with van der Waals surface area (Å²) in [7, 11) is 3.51. The second kappa shape index (κ2) is 15.4. The van der Waals surface area contributed by atoms with Gasteiger partial charge >= 0.3 is 18.0 Å². The molecule has 0 aliphatic carbocycles. The van der Waals surface area contributed by atoms with Gasteiger partial charge in [-0.2, -0.15) is 5.26 Å². The van der Waals surface area contributed by atoms with Crippen LogP contribution in [0.25, 0.3) is 11.0 Å². The van der Waals surface area contributed by atoms with Crippen LogP contribution in [0.2, 0.25) is 0 Å². The maximum atomic E-state index is 15.3. The van der Waals surface area contributed by atoms with E-state index in [0.29, 0.717) is 69.4 Å². The highest BCUT2D eigenvalue weighted by atomic mass is 32.2. The number of phenols is 1. The number of hydrogen-bond donors (Lipinski definition) is 3. The predicted molar refractivity (Wildman–Crippen MR) is 228 cm³/mol. The lowest BCUT2D eigenvalue weighted by Crippen LogP contribution is -2.69. The SMILES string of the molecule is C=CCOC(=O)NC[C@H]1Cc2c(oc3ccccc23)[C@@]2(CS[C@@H]3c4c(OC(C)=O)c(C)c5c(c4[C@H](COC2=O)N2[C@@H]3[C@H]3c4c(cc(C)c(OC)c4O)C[C@H]([C@@H]2C#N)N3C)OCO5)N1. The van der Waals surface area contributed by atoms with Gasteiger partial charge in [0, 0.05) is 70.6 Å². The molecule has 8 atom stereocenters. The summed E-state index contributed by atoms with van der Waals surface area (Å²) in [6, 6.07) is 8.76. The van der Waals surface area contributed by atoms with Crippen LogP contribution in [0.4, 0.5) is 4.79 Å². The van der Waals surface area contributed by atoms with Crippen molar-refractivity contribution in [3.63, 3.8) is 0 Å².